The van der Waals surface area contributed by atoms with E-state index in [2.05, 4.69) is 36.0 Å². The zero-order valence-corrected chi connectivity index (χ0v) is 11.3. The van der Waals surface area contributed by atoms with Gasteiger partial charge in [0.1, 0.15) is 6.54 Å². The molecule has 2 nitrogen and oxygen atoms in total. The van der Waals surface area contributed by atoms with Crippen molar-refractivity contribution < 1.29 is 21.7 Å². The second-order valence-electron chi connectivity index (χ2n) is 4.61. The summed E-state index contributed by atoms with van der Waals surface area (Å²) in [5, 5.41) is 0. The molecule has 2 heterocycles. The van der Waals surface area contributed by atoms with Gasteiger partial charge in [-0.15, -0.1) is 0 Å². The Morgan fingerprint density at radius 1 is 1.24 bits per heavy atom. The van der Waals surface area contributed by atoms with Crippen LogP contribution >= 0.6 is 0 Å². The van der Waals surface area contributed by atoms with Crippen molar-refractivity contribution in [2.75, 3.05) is 13.2 Å². The van der Waals surface area contributed by atoms with Crippen LogP contribution in [0.25, 0.3) is 0 Å². The lowest BCUT2D eigenvalue weighted by Gasteiger charge is -2.21. The van der Waals surface area contributed by atoms with Crippen molar-refractivity contribution >= 4 is 0 Å². The lowest BCUT2D eigenvalue weighted by molar-refractivity contribution is -0.697. The van der Waals surface area contributed by atoms with Gasteiger partial charge in [0.25, 0.3) is 0 Å². The Bertz CT molecular complexity index is 307. The van der Waals surface area contributed by atoms with E-state index in [9.17, 15) is 0 Å². The van der Waals surface area contributed by atoms with Gasteiger partial charge < -0.3 is 17.1 Å². The third kappa shape index (κ3) is 4.29. The summed E-state index contributed by atoms with van der Waals surface area (Å²) < 4.78 is 7.68. The standard InChI is InChI=1S/C14H22NO.ClH/c1-2-3-8-15-9-4-13(5-10-15)14-6-11-16-12-7-14;/h4-5,9-10,14H,2-3,6-8,11-12H2,1H3;1H/q+1;/p-1. The molecule has 1 saturated heterocycles. The third-order valence-corrected chi connectivity index (χ3v) is 3.38. The molecule has 0 spiro atoms. The average Bonchev–Trinajstić information content (AvgIpc) is 2.38. The summed E-state index contributed by atoms with van der Waals surface area (Å²) in [7, 11) is 0. The van der Waals surface area contributed by atoms with Gasteiger partial charge in [-0.25, -0.2) is 4.57 Å². The van der Waals surface area contributed by atoms with Crippen LogP contribution in [-0.2, 0) is 11.3 Å². The highest BCUT2D eigenvalue weighted by Gasteiger charge is 2.16. The van der Waals surface area contributed by atoms with Crippen LogP contribution in [0.4, 0.5) is 0 Å². The second kappa shape index (κ2) is 7.67. The first-order valence-electron chi connectivity index (χ1n) is 6.47. The van der Waals surface area contributed by atoms with Crippen molar-refractivity contribution in [3.63, 3.8) is 0 Å². The van der Waals surface area contributed by atoms with E-state index in [-0.39, 0.29) is 12.4 Å². The van der Waals surface area contributed by atoms with Crippen molar-refractivity contribution in [2.24, 2.45) is 0 Å². The lowest BCUT2D eigenvalue weighted by Crippen LogP contribution is -3.00. The van der Waals surface area contributed by atoms with E-state index in [0.717, 1.165) is 25.7 Å². The maximum absolute atomic E-state index is 5.39. The highest BCUT2D eigenvalue weighted by atomic mass is 35.5. The molecule has 96 valence electrons. The molecule has 0 aliphatic carbocycles. The molecule has 0 saturated carbocycles. The molecule has 17 heavy (non-hydrogen) atoms. The van der Waals surface area contributed by atoms with E-state index in [1.165, 1.54) is 31.2 Å². The number of pyridine rings is 1. The fourth-order valence-electron chi connectivity index (χ4n) is 2.26. The van der Waals surface area contributed by atoms with Crippen LogP contribution < -0.4 is 17.0 Å². The number of hydrogen-bond donors (Lipinski definition) is 0. The zero-order chi connectivity index (χ0) is 11.2. The first kappa shape index (κ1) is 14.5. The zero-order valence-electron chi connectivity index (χ0n) is 10.6. The van der Waals surface area contributed by atoms with Gasteiger partial charge in [-0.2, -0.15) is 0 Å². The molecule has 0 N–H and O–H groups in total. The van der Waals surface area contributed by atoms with Gasteiger partial charge in [0.15, 0.2) is 12.4 Å². The second-order valence-corrected chi connectivity index (χ2v) is 4.61. The van der Waals surface area contributed by atoms with Crippen LogP contribution in [0.5, 0.6) is 0 Å². The summed E-state index contributed by atoms with van der Waals surface area (Å²) in [5.41, 5.74) is 1.48. The summed E-state index contributed by atoms with van der Waals surface area (Å²) >= 11 is 0. The van der Waals surface area contributed by atoms with E-state index in [1.54, 1.807) is 0 Å². The Labute approximate surface area is 110 Å². The largest absolute Gasteiger partial charge is 1.00 e. The van der Waals surface area contributed by atoms with Crippen molar-refractivity contribution in [1.29, 1.82) is 0 Å². The number of rotatable bonds is 4. The van der Waals surface area contributed by atoms with Crippen molar-refractivity contribution in [2.45, 2.75) is 45.1 Å². The Hall–Kier alpha value is -0.600. The topological polar surface area (TPSA) is 13.1 Å². The van der Waals surface area contributed by atoms with Gasteiger partial charge in [-0.3, -0.25) is 0 Å². The van der Waals surface area contributed by atoms with Gasteiger partial charge in [-0.05, 0) is 24.3 Å². The minimum atomic E-state index is 0. The molecule has 1 aromatic rings. The molecule has 0 amide bonds. The monoisotopic (exact) mass is 255 g/mol. The molecular formula is C14H22ClNO. The number of unbranched alkanes of at least 4 members (excludes halogenated alkanes) is 1. The highest BCUT2D eigenvalue weighted by Crippen LogP contribution is 2.25. The summed E-state index contributed by atoms with van der Waals surface area (Å²) in [6.45, 7) is 5.23. The summed E-state index contributed by atoms with van der Waals surface area (Å²) in [6, 6.07) is 4.57. The molecule has 3 heteroatoms. The Morgan fingerprint density at radius 2 is 1.88 bits per heavy atom. The van der Waals surface area contributed by atoms with Crippen LogP contribution in [0.3, 0.4) is 0 Å². The fourth-order valence-corrected chi connectivity index (χ4v) is 2.26. The fraction of sp³-hybridized carbons (Fsp3) is 0.643. The quantitative estimate of drug-likeness (QED) is 0.672. The van der Waals surface area contributed by atoms with Crippen LogP contribution in [-0.4, -0.2) is 13.2 Å². The minimum Gasteiger partial charge on any atom is -1.00 e. The first-order chi connectivity index (χ1) is 7.90. The van der Waals surface area contributed by atoms with Gasteiger partial charge in [0, 0.05) is 31.8 Å². The van der Waals surface area contributed by atoms with Gasteiger partial charge >= 0.3 is 0 Å². The highest BCUT2D eigenvalue weighted by molar-refractivity contribution is 5.14. The van der Waals surface area contributed by atoms with E-state index in [1.807, 2.05) is 0 Å². The maximum Gasteiger partial charge on any atom is 0.169 e. The molecule has 0 aromatic carbocycles. The lowest BCUT2D eigenvalue weighted by atomic mass is 9.93. The molecule has 0 bridgehead atoms. The summed E-state index contributed by atoms with van der Waals surface area (Å²) in [6.07, 6.45) is 9.33. The molecular weight excluding hydrogens is 234 g/mol. The van der Waals surface area contributed by atoms with Crippen LogP contribution in [0.1, 0.15) is 44.1 Å². The normalized spacial score (nSPS) is 16.5. The number of halogens is 1. The van der Waals surface area contributed by atoms with Crippen molar-refractivity contribution in [3.8, 4) is 0 Å². The molecule has 1 fully saturated rings. The molecule has 1 aromatic heterocycles. The van der Waals surface area contributed by atoms with E-state index >= 15 is 0 Å². The van der Waals surface area contributed by atoms with Crippen molar-refractivity contribution in [3.05, 3.63) is 30.1 Å². The third-order valence-electron chi connectivity index (χ3n) is 3.38. The number of aromatic nitrogens is 1. The Balaban J connectivity index is 0.00000144. The van der Waals surface area contributed by atoms with E-state index < -0.39 is 0 Å². The van der Waals surface area contributed by atoms with Crippen LogP contribution in [0, 0.1) is 0 Å². The predicted octanol–water partition coefficient (Wildman–Crippen LogP) is -0.328. The Kier molecular flexibility index (Phi) is 6.53. The SMILES string of the molecule is CCCC[n+]1ccc(C2CCOCC2)cc1.[Cl-]. The van der Waals surface area contributed by atoms with Gasteiger partial charge in [0.2, 0.25) is 0 Å². The van der Waals surface area contributed by atoms with Crippen LogP contribution in [0.15, 0.2) is 24.5 Å². The first-order valence-corrected chi connectivity index (χ1v) is 6.47. The number of ether oxygens (including phenoxy) is 1. The number of nitrogens with zero attached hydrogens (tertiary/aromatic N) is 1. The average molecular weight is 256 g/mol. The van der Waals surface area contributed by atoms with Gasteiger partial charge in [-0.1, -0.05) is 13.3 Å². The minimum absolute atomic E-state index is 0. The van der Waals surface area contributed by atoms with E-state index in [0.29, 0.717) is 0 Å². The number of aryl methyl sites for hydroxylation is 1. The molecule has 0 unspecified atom stereocenters. The van der Waals surface area contributed by atoms with Crippen molar-refractivity contribution in [1.82, 2.24) is 0 Å². The molecule has 0 radical (unpaired) electrons. The summed E-state index contributed by atoms with van der Waals surface area (Å²) in [5.74, 6) is 0.717. The van der Waals surface area contributed by atoms with Gasteiger partial charge in [0.05, 0.1) is 0 Å². The molecule has 1 aliphatic heterocycles. The van der Waals surface area contributed by atoms with Crippen LogP contribution in [0.2, 0.25) is 0 Å². The molecule has 0 atom stereocenters. The van der Waals surface area contributed by atoms with E-state index in [4.69, 9.17) is 4.74 Å². The predicted molar refractivity (Wildman–Crippen MR) is 64.3 cm³/mol. The Morgan fingerprint density at radius 3 is 2.47 bits per heavy atom. The molecule has 1 aliphatic rings. The maximum atomic E-state index is 5.39. The summed E-state index contributed by atoms with van der Waals surface area (Å²) in [4.78, 5) is 0. The smallest absolute Gasteiger partial charge is 0.169 e. The molecule has 2 rings (SSSR count). The number of hydrogen-bond acceptors (Lipinski definition) is 1.